The molecule has 0 saturated carbocycles. The number of nitrogens with zero attached hydrogens (tertiary/aromatic N) is 2. The second kappa shape index (κ2) is 10.4. The monoisotopic (exact) mass is 613 g/mol. The molecule has 0 unspecified atom stereocenters. The summed E-state index contributed by atoms with van der Waals surface area (Å²) in [6.45, 7) is 1.84. The van der Waals surface area contributed by atoms with Crippen LogP contribution in [0.15, 0.2) is 75.2 Å². The largest absolute Gasteiger partial charge is 0.488 e. The van der Waals surface area contributed by atoms with E-state index in [2.05, 4.69) is 37.2 Å². The van der Waals surface area contributed by atoms with E-state index in [0.29, 0.717) is 32.6 Å². The van der Waals surface area contributed by atoms with Crippen molar-refractivity contribution in [2.24, 2.45) is 0 Å². The number of aryl methyl sites for hydroxylation is 1. The first-order valence-electron chi connectivity index (χ1n) is 10.5. The van der Waals surface area contributed by atoms with Gasteiger partial charge in [-0.2, -0.15) is 0 Å². The Kier molecular flexibility index (Phi) is 7.32. The molecule has 0 aromatic heterocycles. The number of nitro benzene ring substituents is 1. The molecule has 0 atom stereocenters. The summed E-state index contributed by atoms with van der Waals surface area (Å²) in [5, 5.41) is 13.1. The van der Waals surface area contributed by atoms with Gasteiger partial charge in [-0.05, 0) is 72.7 Å². The Morgan fingerprint density at radius 1 is 1.00 bits per heavy atom. The predicted octanol–water partition coefficient (Wildman–Crippen LogP) is 5.67. The number of hydrogen-bond acceptors (Lipinski definition) is 6. The van der Waals surface area contributed by atoms with Gasteiger partial charge in [-0.3, -0.25) is 25.0 Å². The van der Waals surface area contributed by atoms with Gasteiger partial charge in [0.25, 0.3) is 17.5 Å². The maximum atomic E-state index is 13.3. The number of nitro groups is 1. The van der Waals surface area contributed by atoms with Gasteiger partial charge in [-0.1, -0.05) is 31.9 Å². The van der Waals surface area contributed by atoms with E-state index >= 15 is 0 Å². The molecule has 1 saturated heterocycles. The summed E-state index contributed by atoms with van der Waals surface area (Å²) in [7, 11) is 0. The van der Waals surface area contributed by atoms with E-state index in [4.69, 9.17) is 4.74 Å². The highest BCUT2D eigenvalue weighted by molar-refractivity contribution is 9.10. The molecule has 36 heavy (non-hydrogen) atoms. The van der Waals surface area contributed by atoms with Crippen LogP contribution < -0.4 is 15.0 Å². The minimum Gasteiger partial charge on any atom is -0.488 e. The number of barbiturate groups is 1. The summed E-state index contributed by atoms with van der Waals surface area (Å²) < 4.78 is 7.35. The number of halogens is 2. The van der Waals surface area contributed by atoms with Gasteiger partial charge in [-0.15, -0.1) is 0 Å². The minimum atomic E-state index is -0.837. The third kappa shape index (κ3) is 5.37. The van der Waals surface area contributed by atoms with Gasteiger partial charge in [-0.25, -0.2) is 9.69 Å². The lowest BCUT2D eigenvalue weighted by Gasteiger charge is -2.27. The molecule has 0 radical (unpaired) electrons. The molecule has 9 nitrogen and oxygen atoms in total. The molecule has 182 valence electrons. The number of rotatable bonds is 6. The molecule has 3 aromatic rings. The fourth-order valence-corrected chi connectivity index (χ4v) is 4.39. The number of hydrogen-bond donors (Lipinski definition) is 1. The van der Waals surface area contributed by atoms with Gasteiger partial charge in [0.2, 0.25) is 0 Å². The van der Waals surface area contributed by atoms with Crippen molar-refractivity contribution in [2.45, 2.75) is 13.5 Å². The zero-order chi connectivity index (χ0) is 26.0. The molecule has 1 N–H and O–H groups in total. The number of benzene rings is 3. The number of anilines is 1. The van der Waals surface area contributed by atoms with E-state index in [9.17, 15) is 24.5 Å². The molecule has 1 aliphatic heterocycles. The van der Waals surface area contributed by atoms with Crippen molar-refractivity contribution in [3.8, 4) is 5.75 Å². The molecule has 11 heteroatoms. The van der Waals surface area contributed by atoms with Gasteiger partial charge in [0.05, 0.1) is 10.6 Å². The number of imide groups is 2. The van der Waals surface area contributed by atoms with Crippen LogP contribution in [0.4, 0.5) is 16.2 Å². The van der Waals surface area contributed by atoms with Crippen molar-refractivity contribution in [1.82, 2.24) is 5.32 Å². The second-order valence-electron chi connectivity index (χ2n) is 7.78. The van der Waals surface area contributed by atoms with Crippen LogP contribution in [0.3, 0.4) is 0 Å². The Balaban J connectivity index is 1.65. The van der Waals surface area contributed by atoms with Gasteiger partial charge in [0.15, 0.2) is 0 Å². The van der Waals surface area contributed by atoms with Gasteiger partial charge >= 0.3 is 6.03 Å². The highest BCUT2D eigenvalue weighted by Gasteiger charge is 2.37. The molecular weight excluding hydrogens is 598 g/mol. The normalized spacial score (nSPS) is 14.7. The summed E-state index contributed by atoms with van der Waals surface area (Å²) >= 11 is 6.73. The van der Waals surface area contributed by atoms with Crippen LogP contribution in [-0.2, 0) is 16.2 Å². The van der Waals surface area contributed by atoms with Crippen LogP contribution in [0.5, 0.6) is 5.75 Å². The molecule has 1 fully saturated rings. The number of carbonyl (C=O) groups excluding carboxylic acids is 3. The summed E-state index contributed by atoms with van der Waals surface area (Å²) in [4.78, 5) is 49.8. The molecule has 1 heterocycles. The molecule has 1 aliphatic rings. The summed E-state index contributed by atoms with van der Waals surface area (Å²) in [5.41, 5.74) is 1.85. The van der Waals surface area contributed by atoms with E-state index < -0.39 is 22.8 Å². The highest BCUT2D eigenvalue weighted by Crippen LogP contribution is 2.30. The number of urea groups is 1. The van der Waals surface area contributed by atoms with Crippen molar-refractivity contribution in [2.75, 3.05) is 4.90 Å². The van der Waals surface area contributed by atoms with Crippen molar-refractivity contribution in [3.05, 3.63) is 102 Å². The number of amides is 4. The topological polar surface area (TPSA) is 119 Å². The fraction of sp³-hybridized carbons (Fsp3) is 0.0800. The number of nitrogens with one attached hydrogen (secondary N) is 1. The van der Waals surface area contributed by atoms with E-state index in [0.717, 1.165) is 9.37 Å². The summed E-state index contributed by atoms with van der Waals surface area (Å²) in [6, 6.07) is 15.2. The average Bonchev–Trinajstić information content (AvgIpc) is 2.82. The smallest absolute Gasteiger partial charge is 0.335 e. The lowest BCUT2D eigenvalue weighted by Crippen LogP contribution is -2.54. The Morgan fingerprint density at radius 2 is 1.67 bits per heavy atom. The molecule has 0 aliphatic carbocycles. The highest BCUT2D eigenvalue weighted by atomic mass is 79.9. The summed E-state index contributed by atoms with van der Waals surface area (Å²) in [5.74, 6) is -1.22. The Morgan fingerprint density at radius 3 is 2.33 bits per heavy atom. The van der Waals surface area contributed by atoms with Crippen molar-refractivity contribution in [1.29, 1.82) is 0 Å². The number of non-ortho nitro benzene ring substituents is 1. The molecule has 0 spiro atoms. The van der Waals surface area contributed by atoms with E-state index in [1.807, 2.05) is 0 Å². The number of ether oxygens (including phenoxy) is 1. The lowest BCUT2D eigenvalue weighted by atomic mass is 10.0. The lowest BCUT2D eigenvalue weighted by molar-refractivity contribution is -0.384. The van der Waals surface area contributed by atoms with E-state index in [1.165, 1.54) is 18.2 Å². The van der Waals surface area contributed by atoms with Crippen LogP contribution in [0.25, 0.3) is 6.08 Å². The maximum Gasteiger partial charge on any atom is 0.335 e. The van der Waals surface area contributed by atoms with Crippen LogP contribution in [0, 0.1) is 17.0 Å². The van der Waals surface area contributed by atoms with Crippen LogP contribution in [0.2, 0.25) is 0 Å². The molecule has 4 amide bonds. The van der Waals surface area contributed by atoms with Crippen molar-refractivity contribution in [3.63, 3.8) is 0 Å². The number of carbonyl (C=O) groups is 3. The Hall–Kier alpha value is -3.83. The van der Waals surface area contributed by atoms with Gasteiger partial charge in [0.1, 0.15) is 17.9 Å². The van der Waals surface area contributed by atoms with E-state index in [-0.39, 0.29) is 17.9 Å². The van der Waals surface area contributed by atoms with E-state index in [1.54, 1.807) is 55.5 Å². The third-order valence-electron chi connectivity index (χ3n) is 5.31. The zero-order valence-electron chi connectivity index (χ0n) is 18.7. The zero-order valence-corrected chi connectivity index (χ0v) is 21.8. The first-order chi connectivity index (χ1) is 17.1. The minimum absolute atomic E-state index is 0.0326. The predicted molar refractivity (Wildman–Crippen MR) is 139 cm³/mol. The second-order valence-corrected chi connectivity index (χ2v) is 9.61. The van der Waals surface area contributed by atoms with Crippen LogP contribution in [0.1, 0.15) is 16.7 Å². The summed E-state index contributed by atoms with van der Waals surface area (Å²) in [6.07, 6.45) is 1.36. The average molecular weight is 615 g/mol. The SMILES string of the molecule is Cc1cc(Br)ccc1N1C(=O)NC(=O)/C(=C/c2cc(Br)ccc2OCc2ccc([N+](=O)[O-])cc2)C1=O. The molecule has 4 rings (SSSR count). The quantitative estimate of drug-likeness (QED) is 0.165. The third-order valence-corrected chi connectivity index (χ3v) is 6.30. The molecule has 0 bridgehead atoms. The fourth-order valence-electron chi connectivity index (χ4n) is 3.54. The molecular formula is C25H17Br2N3O6. The van der Waals surface area contributed by atoms with Gasteiger partial charge in [0, 0.05) is 26.6 Å². The van der Waals surface area contributed by atoms with Crippen LogP contribution >= 0.6 is 31.9 Å². The standard InChI is InChI=1S/C25H17Br2N3O6/c1-14-10-17(26)4-8-21(14)29-24(32)20(23(31)28-25(29)33)12-16-11-18(27)5-9-22(16)36-13-15-2-6-19(7-3-15)30(34)35/h2-12H,13H2,1H3,(H,28,31,33)/b20-12-. The van der Waals surface area contributed by atoms with Crippen LogP contribution in [-0.4, -0.2) is 22.8 Å². The maximum absolute atomic E-state index is 13.3. The molecule has 3 aromatic carbocycles. The first kappa shape index (κ1) is 25.3. The van der Waals surface area contributed by atoms with Gasteiger partial charge < -0.3 is 4.74 Å². The Labute approximate surface area is 222 Å². The van der Waals surface area contributed by atoms with Crippen molar-refractivity contribution < 1.29 is 24.0 Å². The first-order valence-corrected chi connectivity index (χ1v) is 12.1. The Bertz CT molecular complexity index is 1440. The van der Waals surface area contributed by atoms with Crippen molar-refractivity contribution >= 4 is 67.2 Å².